The van der Waals surface area contributed by atoms with Gasteiger partial charge in [0, 0.05) is 6.42 Å². The highest BCUT2D eigenvalue weighted by molar-refractivity contribution is 7.98. The van der Waals surface area contributed by atoms with E-state index >= 15 is 0 Å². The second-order valence-electron chi connectivity index (χ2n) is 19.0. The standard InChI is InChI=1S/C45H80N10O14S/c1-21(2)17-30(52-41(64)31(18-22(3)4)53-42(65)32(19-23(5)6)54-43(66)35(46)27(11)56)40(63)50-28(13-14-34(58)59)38(61)47-20-33(57)55-36(24(7)8)44(67)51-29(15-16-70-12)39(62)48-25(9)37(60)49-26(10)45(68)69/h21-32,35-36,56H,13-20,46H2,1-12H3,(H,47,61)(H,48,62)(H,49,60)(H,50,63)(H,51,67)(H,52,64)(H,53,65)(H,54,66)(H,55,57)(H,58,59)(H,68,69)/t25-,26-,27+,28-,29-,30-,31-,32-,35-,36-/m0/s1. The summed E-state index contributed by atoms with van der Waals surface area (Å²) in [4.78, 5) is 143. The van der Waals surface area contributed by atoms with E-state index in [0.717, 1.165) is 0 Å². The fourth-order valence-corrected chi connectivity index (χ4v) is 7.02. The fourth-order valence-electron chi connectivity index (χ4n) is 6.55. The van der Waals surface area contributed by atoms with E-state index in [9.17, 15) is 63.0 Å². The van der Waals surface area contributed by atoms with Crippen molar-refractivity contribution < 1.29 is 68.1 Å². The lowest BCUT2D eigenvalue weighted by Crippen LogP contribution is -2.60. The number of aliphatic hydroxyl groups excluding tert-OH is 1. The molecule has 0 saturated heterocycles. The molecule has 70 heavy (non-hydrogen) atoms. The van der Waals surface area contributed by atoms with Crippen LogP contribution in [0, 0.1) is 23.7 Å². The number of hydrogen-bond acceptors (Lipinski definition) is 14. The van der Waals surface area contributed by atoms with Gasteiger partial charge in [-0.2, -0.15) is 11.8 Å². The van der Waals surface area contributed by atoms with E-state index in [-0.39, 0.29) is 43.4 Å². The quantitative estimate of drug-likeness (QED) is 0.0346. The number of nitrogens with two attached hydrogens (primary N) is 1. The van der Waals surface area contributed by atoms with Gasteiger partial charge in [0.1, 0.15) is 54.4 Å². The highest BCUT2D eigenvalue weighted by Crippen LogP contribution is 2.13. The van der Waals surface area contributed by atoms with Gasteiger partial charge in [0.25, 0.3) is 0 Å². The Kier molecular flexibility index (Phi) is 29.8. The Morgan fingerprint density at radius 1 is 0.486 bits per heavy atom. The number of thioether (sulfide) groups is 1. The molecule has 25 heteroatoms. The van der Waals surface area contributed by atoms with Crippen molar-refractivity contribution in [3.8, 4) is 0 Å². The van der Waals surface area contributed by atoms with Gasteiger partial charge < -0.3 is 68.9 Å². The van der Waals surface area contributed by atoms with Gasteiger partial charge in [-0.25, -0.2) is 0 Å². The third-order valence-electron chi connectivity index (χ3n) is 10.5. The minimum Gasteiger partial charge on any atom is -0.481 e. The van der Waals surface area contributed by atoms with Gasteiger partial charge in [-0.3, -0.25) is 52.7 Å². The van der Waals surface area contributed by atoms with Crippen molar-refractivity contribution in [2.24, 2.45) is 29.4 Å². The molecular formula is C45H80N10O14S. The third kappa shape index (κ3) is 25.3. The molecule has 0 bridgehead atoms. The summed E-state index contributed by atoms with van der Waals surface area (Å²) in [5.41, 5.74) is 5.78. The van der Waals surface area contributed by atoms with Gasteiger partial charge in [-0.1, -0.05) is 55.4 Å². The van der Waals surface area contributed by atoms with Gasteiger partial charge >= 0.3 is 11.9 Å². The number of amides is 9. The van der Waals surface area contributed by atoms with Crippen LogP contribution in [0.3, 0.4) is 0 Å². The summed E-state index contributed by atoms with van der Waals surface area (Å²) < 4.78 is 0. The number of carbonyl (C=O) groups excluding carboxylic acids is 9. The molecule has 0 fully saturated rings. The molecule has 0 radical (unpaired) electrons. The molecule has 0 heterocycles. The van der Waals surface area contributed by atoms with Crippen LogP contribution < -0.4 is 53.6 Å². The number of carboxylic acids is 2. The SMILES string of the molecule is CSCC[C@H](NC(=O)[C@@H](NC(=O)CNC(=O)[C@H](CCC(=O)O)NC(=O)[C@H](CC(C)C)NC(=O)[C@H](CC(C)C)NC(=O)[C@H](CC(C)C)NC(=O)[C@@H](N)[C@@H](C)O)C(C)C)C(=O)N[C@@H](C)C(=O)N[C@@H](C)C(=O)O. The molecular weight excluding hydrogens is 937 g/mol. The Morgan fingerprint density at radius 3 is 1.29 bits per heavy atom. The van der Waals surface area contributed by atoms with E-state index in [0.29, 0.717) is 5.75 Å². The zero-order valence-corrected chi connectivity index (χ0v) is 43.4. The predicted octanol–water partition coefficient (Wildman–Crippen LogP) is -1.77. The zero-order chi connectivity index (χ0) is 54.2. The topological polar surface area (TPSA) is 383 Å². The number of aliphatic hydroxyl groups is 1. The average molecular weight is 1020 g/mol. The molecule has 24 nitrogen and oxygen atoms in total. The van der Waals surface area contributed by atoms with E-state index in [1.807, 2.05) is 13.8 Å². The number of aliphatic carboxylic acids is 2. The summed E-state index contributed by atoms with van der Waals surface area (Å²) in [5.74, 6) is -10.4. The Hall–Kier alpha value is -5.56. The molecule has 0 aromatic heterocycles. The Bertz CT molecular complexity index is 1800. The normalized spacial score (nSPS) is 15.6. The van der Waals surface area contributed by atoms with Crippen molar-refractivity contribution in [1.82, 2.24) is 47.9 Å². The number of carboxylic acid groups (broad SMARTS) is 2. The minimum absolute atomic E-state index is 0.0394. The van der Waals surface area contributed by atoms with Crippen molar-refractivity contribution in [1.29, 1.82) is 0 Å². The Morgan fingerprint density at radius 2 is 0.886 bits per heavy atom. The Balaban J connectivity index is 6.21. The molecule has 0 saturated carbocycles. The van der Waals surface area contributed by atoms with E-state index in [1.54, 1.807) is 47.8 Å². The molecule has 0 aromatic carbocycles. The summed E-state index contributed by atoms with van der Waals surface area (Å²) in [5, 5.41) is 50.9. The zero-order valence-electron chi connectivity index (χ0n) is 42.6. The lowest BCUT2D eigenvalue weighted by atomic mass is 9.98. The molecule has 0 spiro atoms. The predicted molar refractivity (Wildman–Crippen MR) is 260 cm³/mol. The molecule has 0 aliphatic carbocycles. The van der Waals surface area contributed by atoms with E-state index in [1.165, 1.54) is 32.5 Å². The van der Waals surface area contributed by atoms with E-state index in [2.05, 4.69) is 47.9 Å². The molecule has 0 unspecified atom stereocenters. The van der Waals surface area contributed by atoms with Crippen molar-refractivity contribution in [3.05, 3.63) is 0 Å². The van der Waals surface area contributed by atoms with Crippen LogP contribution >= 0.6 is 11.8 Å². The monoisotopic (exact) mass is 1020 g/mol. The van der Waals surface area contributed by atoms with Gasteiger partial charge in [0.2, 0.25) is 53.2 Å². The highest BCUT2D eigenvalue weighted by Gasteiger charge is 2.35. The van der Waals surface area contributed by atoms with Gasteiger partial charge in [0.15, 0.2) is 0 Å². The summed E-state index contributed by atoms with van der Waals surface area (Å²) >= 11 is 1.38. The van der Waals surface area contributed by atoms with Crippen LogP contribution in [0.5, 0.6) is 0 Å². The first-order valence-corrected chi connectivity index (χ1v) is 24.9. The molecule has 10 atom stereocenters. The van der Waals surface area contributed by atoms with Crippen LogP contribution in [-0.2, 0) is 52.7 Å². The molecule has 9 amide bonds. The number of hydrogen-bond donors (Lipinski definition) is 13. The van der Waals surface area contributed by atoms with Crippen LogP contribution in [0.4, 0.5) is 0 Å². The number of carbonyl (C=O) groups is 11. The lowest BCUT2D eigenvalue weighted by molar-refractivity contribution is -0.141. The van der Waals surface area contributed by atoms with Crippen LogP contribution in [0.25, 0.3) is 0 Å². The highest BCUT2D eigenvalue weighted by atomic mass is 32.2. The van der Waals surface area contributed by atoms with Crippen molar-refractivity contribution in [2.45, 2.75) is 175 Å². The van der Waals surface area contributed by atoms with Crippen LogP contribution in [0.1, 0.15) is 115 Å². The smallest absolute Gasteiger partial charge is 0.325 e. The third-order valence-corrected chi connectivity index (χ3v) is 11.2. The van der Waals surface area contributed by atoms with E-state index in [4.69, 9.17) is 10.8 Å². The lowest BCUT2D eigenvalue weighted by Gasteiger charge is -2.28. The Labute approximate surface area is 414 Å². The minimum atomic E-state index is -1.53. The van der Waals surface area contributed by atoms with Crippen LogP contribution in [-0.4, -0.2) is 159 Å². The van der Waals surface area contributed by atoms with Gasteiger partial charge in [0.05, 0.1) is 12.6 Å². The first kappa shape index (κ1) is 64.4. The number of rotatable bonds is 33. The summed E-state index contributed by atoms with van der Waals surface area (Å²) in [6.07, 6.45) is -0.0211. The molecule has 400 valence electrons. The van der Waals surface area contributed by atoms with E-state index < -0.39 is 151 Å². The maximum atomic E-state index is 13.9. The molecule has 0 aromatic rings. The first-order valence-electron chi connectivity index (χ1n) is 23.5. The van der Waals surface area contributed by atoms with Crippen LogP contribution in [0.2, 0.25) is 0 Å². The van der Waals surface area contributed by atoms with Crippen molar-refractivity contribution in [2.75, 3.05) is 18.6 Å². The molecule has 0 aliphatic heterocycles. The molecule has 0 rings (SSSR count). The summed E-state index contributed by atoms with van der Waals surface area (Å²) in [6.45, 7) is 17.2. The summed E-state index contributed by atoms with van der Waals surface area (Å²) in [7, 11) is 0. The van der Waals surface area contributed by atoms with Crippen molar-refractivity contribution in [3.63, 3.8) is 0 Å². The summed E-state index contributed by atoms with van der Waals surface area (Å²) in [6, 6.07) is -11.3. The number of nitrogens with one attached hydrogen (secondary N) is 9. The molecule has 0 aliphatic rings. The second kappa shape index (κ2) is 32.3. The average Bonchev–Trinajstić information content (AvgIpc) is 3.25. The first-order chi connectivity index (χ1) is 32.4. The van der Waals surface area contributed by atoms with Gasteiger partial charge in [-0.05, 0) is 88.6 Å². The largest absolute Gasteiger partial charge is 0.481 e. The van der Waals surface area contributed by atoms with Crippen LogP contribution in [0.15, 0.2) is 0 Å². The van der Waals surface area contributed by atoms with Gasteiger partial charge in [-0.15, -0.1) is 0 Å². The fraction of sp³-hybridized carbons (Fsp3) is 0.756. The maximum Gasteiger partial charge on any atom is 0.325 e. The maximum absolute atomic E-state index is 13.9. The molecule has 14 N–H and O–H groups in total. The second-order valence-corrected chi connectivity index (χ2v) is 20.0. The van der Waals surface area contributed by atoms with Crippen molar-refractivity contribution >= 4 is 76.9 Å².